The SMILES string of the molecule is Cc1ccc(C(=O)O/C(=C2/OC(=O)C3=C2[C@@H]2C[C@@H]4O[C@@]45[C@H](OC(=O)OC(C)(C)C)[C@@]4(C(C)C)O[C@H]4[C@@H]4O[C@@]45[C@@]2(C)CC3)c2ccc(CO)cc2)cc1. The summed E-state index contributed by atoms with van der Waals surface area (Å²) in [5, 5.41) is 9.74. The van der Waals surface area contributed by atoms with Crippen molar-refractivity contribution < 1.29 is 52.6 Å². The molecular formula is C41H44O11. The van der Waals surface area contributed by atoms with Crippen LogP contribution in [0.4, 0.5) is 4.79 Å². The van der Waals surface area contributed by atoms with Crippen molar-refractivity contribution in [2.75, 3.05) is 0 Å². The first kappa shape index (κ1) is 33.8. The van der Waals surface area contributed by atoms with E-state index in [0.29, 0.717) is 47.1 Å². The molecule has 9 atom stereocenters. The monoisotopic (exact) mass is 712 g/mol. The summed E-state index contributed by atoms with van der Waals surface area (Å²) < 4.78 is 44.4. The molecule has 4 heterocycles. The number of epoxide rings is 3. The first-order chi connectivity index (χ1) is 24.6. The summed E-state index contributed by atoms with van der Waals surface area (Å²) >= 11 is 0. The second kappa shape index (κ2) is 10.8. The van der Waals surface area contributed by atoms with E-state index in [1.54, 1.807) is 57.2 Å². The minimum absolute atomic E-state index is 0.00376. The number of cyclic esters (lactones) is 1. The Bertz CT molecular complexity index is 1970. The largest absolute Gasteiger partial charge is 0.509 e. The molecule has 0 radical (unpaired) electrons. The Balaban J connectivity index is 1.14. The van der Waals surface area contributed by atoms with Crippen molar-refractivity contribution in [3.63, 3.8) is 0 Å². The van der Waals surface area contributed by atoms with Gasteiger partial charge in [-0.05, 0) is 76.5 Å². The van der Waals surface area contributed by atoms with E-state index in [0.717, 1.165) is 5.56 Å². The fourth-order valence-electron chi connectivity index (χ4n) is 10.2. The third-order valence-electron chi connectivity index (χ3n) is 12.7. The number of esters is 2. The van der Waals surface area contributed by atoms with Gasteiger partial charge >= 0.3 is 18.1 Å². The second-order valence-electron chi connectivity index (χ2n) is 16.9. The highest BCUT2D eigenvalue weighted by Gasteiger charge is 3.01. The van der Waals surface area contributed by atoms with Crippen molar-refractivity contribution in [2.24, 2.45) is 17.3 Å². The molecule has 2 aromatic carbocycles. The minimum Gasteiger partial charge on any atom is -0.429 e. The Morgan fingerprint density at radius 1 is 0.981 bits per heavy atom. The number of aliphatic hydroxyl groups excluding tert-OH is 1. The number of aryl methyl sites for hydroxylation is 1. The molecule has 0 aromatic heterocycles. The lowest BCUT2D eigenvalue weighted by molar-refractivity contribution is -0.133. The number of carbonyl (C=O) groups excluding carboxylic acids is 3. The summed E-state index contributed by atoms with van der Waals surface area (Å²) in [4.78, 5) is 40.7. The fourth-order valence-corrected chi connectivity index (χ4v) is 10.2. The molecule has 11 heteroatoms. The number of ether oxygens (including phenoxy) is 7. The molecule has 7 aliphatic rings. The molecule has 2 saturated carbocycles. The zero-order valence-corrected chi connectivity index (χ0v) is 30.4. The van der Waals surface area contributed by atoms with Gasteiger partial charge in [0.05, 0.1) is 18.3 Å². The molecule has 2 spiro atoms. The number of fused-ring (bicyclic) bond motifs is 4. The molecule has 3 aliphatic carbocycles. The van der Waals surface area contributed by atoms with Gasteiger partial charge < -0.3 is 38.3 Å². The predicted molar refractivity (Wildman–Crippen MR) is 183 cm³/mol. The first-order valence-corrected chi connectivity index (χ1v) is 18.2. The molecule has 0 amide bonds. The van der Waals surface area contributed by atoms with E-state index in [4.69, 9.17) is 33.2 Å². The van der Waals surface area contributed by atoms with Crippen LogP contribution in [0, 0.1) is 24.2 Å². The lowest BCUT2D eigenvalue weighted by Gasteiger charge is -2.53. The van der Waals surface area contributed by atoms with E-state index in [9.17, 15) is 19.5 Å². The van der Waals surface area contributed by atoms with E-state index in [-0.39, 0.29) is 48.3 Å². The second-order valence-corrected chi connectivity index (χ2v) is 16.9. The number of aliphatic hydroxyl groups is 1. The van der Waals surface area contributed by atoms with E-state index >= 15 is 0 Å². The highest BCUT2D eigenvalue weighted by molar-refractivity contribution is 5.99. The third kappa shape index (κ3) is 4.36. The fraction of sp³-hybridized carbons (Fsp3) is 0.537. The molecule has 3 saturated heterocycles. The molecule has 2 aromatic rings. The lowest BCUT2D eigenvalue weighted by Crippen LogP contribution is -2.70. The number of allylic oxidation sites excluding steroid dienone is 1. The molecule has 0 unspecified atom stereocenters. The van der Waals surface area contributed by atoms with Crippen LogP contribution in [0.25, 0.3) is 5.76 Å². The van der Waals surface area contributed by atoms with Crippen LogP contribution in [0.15, 0.2) is 65.4 Å². The lowest BCUT2D eigenvalue weighted by atomic mass is 9.46. The number of hydrogen-bond acceptors (Lipinski definition) is 11. The highest BCUT2D eigenvalue weighted by atomic mass is 16.8. The first-order valence-electron chi connectivity index (χ1n) is 18.2. The van der Waals surface area contributed by atoms with Gasteiger partial charge in [-0.3, -0.25) is 0 Å². The Kier molecular flexibility index (Phi) is 7.00. The Morgan fingerprint density at radius 2 is 1.67 bits per heavy atom. The van der Waals surface area contributed by atoms with E-state index in [2.05, 4.69) is 20.8 Å². The van der Waals surface area contributed by atoms with E-state index in [1.807, 2.05) is 19.1 Å². The maximum atomic E-state index is 13.7. The van der Waals surface area contributed by atoms with Crippen molar-refractivity contribution in [3.05, 3.63) is 87.7 Å². The van der Waals surface area contributed by atoms with Crippen LogP contribution in [0.1, 0.15) is 87.9 Å². The van der Waals surface area contributed by atoms with Crippen LogP contribution >= 0.6 is 0 Å². The van der Waals surface area contributed by atoms with E-state index in [1.165, 1.54) is 0 Å². The van der Waals surface area contributed by atoms with Gasteiger partial charge in [0.2, 0.25) is 0 Å². The quantitative estimate of drug-likeness (QED) is 0.161. The average molecular weight is 713 g/mol. The van der Waals surface area contributed by atoms with Gasteiger partial charge in [0.1, 0.15) is 29.0 Å². The number of benzene rings is 2. The van der Waals surface area contributed by atoms with Crippen LogP contribution in [0.2, 0.25) is 0 Å². The smallest absolute Gasteiger partial charge is 0.429 e. The van der Waals surface area contributed by atoms with Crippen LogP contribution in [-0.4, -0.2) is 70.0 Å². The topological polar surface area (TPSA) is 146 Å². The molecule has 0 bridgehead atoms. The Labute approximate surface area is 302 Å². The predicted octanol–water partition coefficient (Wildman–Crippen LogP) is 6.09. The van der Waals surface area contributed by atoms with Crippen molar-refractivity contribution in [3.8, 4) is 0 Å². The third-order valence-corrected chi connectivity index (χ3v) is 12.7. The summed E-state index contributed by atoms with van der Waals surface area (Å²) in [5.41, 5.74) is -0.227. The summed E-state index contributed by atoms with van der Waals surface area (Å²) in [6, 6.07) is 14.0. The van der Waals surface area contributed by atoms with Crippen LogP contribution < -0.4 is 0 Å². The molecule has 11 nitrogen and oxygen atoms in total. The minimum atomic E-state index is -0.969. The van der Waals surface area contributed by atoms with Gasteiger partial charge in [-0.1, -0.05) is 62.7 Å². The van der Waals surface area contributed by atoms with Crippen molar-refractivity contribution in [1.29, 1.82) is 0 Å². The van der Waals surface area contributed by atoms with Crippen LogP contribution in [0.5, 0.6) is 0 Å². The Morgan fingerprint density at radius 3 is 2.33 bits per heavy atom. The number of rotatable bonds is 6. The standard InChI is InChI=1S/C41H44O11/c1-20(2)39-31(50-39)32-41(51-32)38(7)17-16-25-28(26(38)18-27-40(41,49-27)35(39)48-36(45)52-37(4,5)6)30(47-34(25)44)29(23-14-10-22(19-42)11-15-23)46-33(43)24-12-8-21(3)9-13-24/h8-15,20,26-27,31-32,35,42H,16-19H2,1-7H3/b30-29+/t26-,27-,31-,32-,35+,38-,39-,40+,41+/m0/s1. The number of carbonyl (C=O) groups is 3. The highest BCUT2D eigenvalue weighted by Crippen LogP contribution is 2.83. The molecule has 1 N–H and O–H groups in total. The van der Waals surface area contributed by atoms with Gasteiger partial charge in [-0.15, -0.1) is 0 Å². The van der Waals surface area contributed by atoms with Crippen molar-refractivity contribution >= 4 is 23.9 Å². The van der Waals surface area contributed by atoms with Gasteiger partial charge in [0.15, 0.2) is 23.2 Å². The molecule has 52 heavy (non-hydrogen) atoms. The molecular weight excluding hydrogens is 668 g/mol. The zero-order valence-electron chi connectivity index (χ0n) is 30.4. The maximum Gasteiger partial charge on any atom is 0.509 e. The maximum absolute atomic E-state index is 13.7. The van der Waals surface area contributed by atoms with Gasteiger partial charge in [0, 0.05) is 22.1 Å². The zero-order chi connectivity index (χ0) is 36.7. The molecule has 4 aliphatic heterocycles. The summed E-state index contributed by atoms with van der Waals surface area (Å²) in [7, 11) is 0. The normalized spacial score (nSPS) is 38.4. The Hall–Kier alpha value is -4.03. The van der Waals surface area contributed by atoms with Crippen LogP contribution in [-0.2, 0) is 44.6 Å². The van der Waals surface area contributed by atoms with Crippen LogP contribution in [0.3, 0.4) is 0 Å². The van der Waals surface area contributed by atoms with Gasteiger partial charge in [-0.25, -0.2) is 14.4 Å². The van der Waals surface area contributed by atoms with Crippen molar-refractivity contribution in [1.82, 2.24) is 0 Å². The summed E-state index contributed by atoms with van der Waals surface area (Å²) in [5.74, 6) is -1.04. The summed E-state index contributed by atoms with van der Waals surface area (Å²) in [6.45, 7) is 13.5. The average Bonchev–Trinajstić information content (AvgIpc) is 4.01. The number of hydrogen-bond donors (Lipinski definition) is 1. The molecule has 5 fully saturated rings. The molecule has 274 valence electrons. The van der Waals surface area contributed by atoms with E-state index < -0.39 is 52.0 Å². The molecule has 9 rings (SSSR count). The summed E-state index contributed by atoms with van der Waals surface area (Å²) in [6.07, 6.45) is -1.06. The van der Waals surface area contributed by atoms with Gasteiger partial charge in [-0.2, -0.15) is 0 Å². The van der Waals surface area contributed by atoms with Crippen molar-refractivity contribution in [2.45, 2.75) is 121 Å². The van der Waals surface area contributed by atoms with Gasteiger partial charge in [0.25, 0.3) is 0 Å².